The molecule has 2 atom stereocenters. The first-order valence-electron chi connectivity index (χ1n) is 9.10. The summed E-state index contributed by atoms with van der Waals surface area (Å²) in [4.78, 5) is 30.0. The van der Waals surface area contributed by atoms with Gasteiger partial charge < -0.3 is 15.1 Å². The van der Waals surface area contributed by atoms with E-state index < -0.39 is 0 Å². The Morgan fingerprint density at radius 3 is 3.00 bits per heavy atom. The van der Waals surface area contributed by atoms with Gasteiger partial charge in [-0.2, -0.15) is 0 Å². The highest BCUT2D eigenvalue weighted by Crippen LogP contribution is 2.33. The number of fused-ring (bicyclic) bond motifs is 1. The van der Waals surface area contributed by atoms with E-state index >= 15 is 0 Å². The number of carbonyl (C=O) groups is 2. The van der Waals surface area contributed by atoms with E-state index in [1.807, 2.05) is 22.9 Å². The van der Waals surface area contributed by atoms with Gasteiger partial charge in [0.1, 0.15) is 0 Å². The lowest BCUT2D eigenvalue weighted by atomic mass is 9.83. The Labute approximate surface area is 158 Å². The molecule has 5 nitrogen and oxygen atoms in total. The molecule has 2 amide bonds. The molecular weight excluding hydrogens is 354 g/mol. The predicted molar refractivity (Wildman–Crippen MR) is 103 cm³/mol. The van der Waals surface area contributed by atoms with Crippen LogP contribution in [0.3, 0.4) is 0 Å². The second kappa shape index (κ2) is 8.56. The monoisotopic (exact) mass is 381 g/mol. The second-order valence-electron chi connectivity index (χ2n) is 6.65. The van der Waals surface area contributed by atoms with Crippen LogP contribution in [-0.4, -0.2) is 66.6 Å². The predicted octanol–water partition coefficient (Wildman–Crippen LogP) is 2.53. The van der Waals surface area contributed by atoms with Crippen molar-refractivity contribution in [3.8, 4) is 0 Å². The number of piperidine rings is 2. The Morgan fingerprint density at radius 2 is 2.24 bits per heavy atom. The van der Waals surface area contributed by atoms with Gasteiger partial charge in [0.15, 0.2) is 0 Å². The average Bonchev–Trinajstić information content (AvgIpc) is 3.09. The topological polar surface area (TPSA) is 52.7 Å². The number of hydrogen-bond acceptors (Lipinski definition) is 5. The third-order valence-corrected chi connectivity index (χ3v) is 7.29. The average molecular weight is 382 g/mol. The maximum absolute atomic E-state index is 12.8. The normalized spacial score (nSPS) is 23.7. The van der Waals surface area contributed by atoms with Crippen LogP contribution in [0, 0.1) is 5.92 Å². The van der Waals surface area contributed by atoms with Crippen LogP contribution in [-0.2, 0) is 4.79 Å². The first-order valence-corrected chi connectivity index (χ1v) is 10.9. The molecule has 1 aromatic rings. The summed E-state index contributed by atoms with van der Waals surface area (Å²) in [6, 6.07) is 4.31. The van der Waals surface area contributed by atoms with Crippen molar-refractivity contribution in [3.05, 3.63) is 17.0 Å². The molecule has 2 fully saturated rings. The molecule has 2 aliphatic heterocycles. The molecule has 3 heterocycles. The lowest BCUT2D eigenvalue weighted by molar-refractivity contribution is -0.140. The summed E-state index contributed by atoms with van der Waals surface area (Å²) < 4.78 is 1.21. The minimum atomic E-state index is 0.157. The molecule has 3 rings (SSSR count). The van der Waals surface area contributed by atoms with Crippen LogP contribution in [0.25, 0.3) is 0 Å². The van der Waals surface area contributed by atoms with Gasteiger partial charge in [-0.15, -0.1) is 23.1 Å². The zero-order chi connectivity index (χ0) is 17.8. The molecular formula is C18H27N3O2S2. The molecule has 2 saturated heterocycles. The van der Waals surface area contributed by atoms with Gasteiger partial charge in [-0.05, 0) is 43.7 Å². The fraction of sp³-hybridized carbons (Fsp3) is 0.667. The largest absolute Gasteiger partial charge is 0.338 e. The summed E-state index contributed by atoms with van der Waals surface area (Å²) in [6.07, 6.45) is 2.42. The standard InChI is InChI=1S/C18H27N3O2S2/c1-3-24-17-7-5-15(25-17)18(23)20-10-8-14-13(12-20)4-6-16(22)21(14)11-9-19-2/h5,7,13-14,19H,3-4,6,8-12H2,1-2H3/t13-,14+/m0/s1. The maximum Gasteiger partial charge on any atom is 0.263 e. The van der Waals surface area contributed by atoms with Crippen LogP contribution in [0.4, 0.5) is 0 Å². The number of nitrogens with zero attached hydrogens (tertiary/aromatic N) is 2. The molecule has 0 aromatic carbocycles. The van der Waals surface area contributed by atoms with Crippen molar-refractivity contribution < 1.29 is 9.59 Å². The van der Waals surface area contributed by atoms with Crippen LogP contribution < -0.4 is 5.32 Å². The van der Waals surface area contributed by atoms with Gasteiger partial charge in [0.05, 0.1) is 9.09 Å². The molecule has 2 aliphatic rings. The van der Waals surface area contributed by atoms with Gasteiger partial charge in [-0.25, -0.2) is 0 Å². The quantitative estimate of drug-likeness (QED) is 0.770. The van der Waals surface area contributed by atoms with Gasteiger partial charge in [-0.3, -0.25) is 9.59 Å². The number of hydrogen-bond donors (Lipinski definition) is 1. The van der Waals surface area contributed by atoms with Crippen LogP contribution in [0.2, 0.25) is 0 Å². The van der Waals surface area contributed by atoms with E-state index in [-0.39, 0.29) is 11.8 Å². The fourth-order valence-electron chi connectivity index (χ4n) is 3.87. The highest BCUT2D eigenvalue weighted by atomic mass is 32.2. The van der Waals surface area contributed by atoms with E-state index in [4.69, 9.17) is 0 Å². The number of carbonyl (C=O) groups excluding carboxylic acids is 2. The highest BCUT2D eigenvalue weighted by Gasteiger charge is 2.40. The van der Waals surface area contributed by atoms with Crippen molar-refractivity contribution in [2.75, 3.05) is 39.0 Å². The van der Waals surface area contributed by atoms with Gasteiger partial charge in [0.2, 0.25) is 5.91 Å². The SMILES string of the molecule is CCSc1ccc(C(=O)N2CC[C@@H]3[C@@H](CCC(=O)N3CCNC)C2)s1. The summed E-state index contributed by atoms with van der Waals surface area (Å²) in [5.41, 5.74) is 0. The van der Waals surface area contributed by atoms with Crippen molar-refractivity contribution in [2.24, 2.45) is 5.92 Å². The summed E-state index contributed by atoms with van der Waals surface area (Å²) in [7, 11) is 1.92. The van der Waals surface area contributed by atoms with Crippen LogP contribution >= 0.6 is 23.1 Å². The van der Waals surface area contributed by atoms with Crippen molar-refractivity contribution in [2.45, 2.75) is 36.4 Å². The van der Waals surface area contributed by atoms with Gasteiger partial charge >= 0.3 is 0 Å². The summed E-state index contributed by atoms with van der Waals surface area (Å²) in [6.45, 7) is 5.25. The number of rotatable bonds is 6. The minimum absolute atomic E-state index is 0.157. The van der Waals surface area contributed by atoms with Crippen molar-refractivity contribution in [3.63, 3.8) is 0 Å². The Balaban J connectivity index is 1.64. The number of likely N-dealkylation sites (N-methyl/N-ethyl adjacent to an activating group) is 1. The zero-order valence-corrected chi connectivity index (χ0v) is 16.6. The van der Waals surface area contributed by atoms with Crippen molar-refractivity contribution in [1.29, 1.82) is 0 Å². The molecule has 0 bridgehead atoms. The van der Waals surface area contributed by atoms with Crippen LogP contribution in [0.5, 0.6) is 0 Å². The second-order valence-corrected chi connectivity index (χ2v) is 9.30. The first-order chi connectivity index (χ1) is 12.1. The minimum Gasteiger partial charge on any atom is -0.338 e. The molecule has 0 radical (unpaired) electrons. The smallest absolute Gasteiger partial charge is 0.263 e. The van der Waals surface area contributed by atoms with Crippen molar-refractivity contribution in [1.82, 2.24) is 15.1 Å². The number of thioether (sulfide) groups is 1. The molecule has 138 valence electrons. The van der Waals surface area contributed by atoms with E-state index in [0.29, 0.717) is 18.4 Å². The van der Waals surface area contributed by atoms with Crippen molar-refractivity contribution >= 4 is 34.9 Å². The Hall–Kier alpha value is -1.05. The van der Waals surface area contributed by atoms with Gasteiger partial charge in [-0.1, -0.05) is 6.92 Å². The van der Waals surface area contributed by atoms with Gasteiger partial charge in [0.25, 0.3) is 5.91 Å². The number of thiophene rings is 1. The summed E-state index contributed by atoms with van der Waals surface area (Å²) in [5, 5.41) is 3.13. The summed E-state index contributed by atoms with van der Waals surface area (Å²) >= 11 is 3.38. The Morgan fingerprint density at radius 1 is 1.40 bits per heavy atom. The molecule has 25 heavy (non-hydrogen) atoms. The summed E-state index contributed by atoms with van der Waals surface area (Å²) in [5.74, 6) is 1.87. The van der Waals surface area contributed by atoms with Crippen LogP contribution in [0.1, 0.15) is 35.9 Å². The molecule has 0 aliphatic carbocycles. The zero-order valence-electron chi connectivity index (χ0n) is 15.0. The van der Waals surface area contributed by atoms with Crippen LogP contribution in [0.15, 0.2) is 16.3 Å². The Kier molecular flexibility index (Phi) is 6.41. The number of amides is 2. The lowest BCUT2D eigenvalue weighted by Gasteiger charge is -2.47. The Bertz CT molecular complexity index is 619. The van der Waals surface area contributed by atoms with E-state index in [1.54, 1.807) is 23.1 Å². The number of likely N-dealkylation sites (tertiary alicyclic amines) is 2. The molecule has 1 aromatic heterocycles. The van der Waals surface area contributed by atoms with E-state index in [2.05, 4.69) is 18.3 Å². The fourth-order valence-corrected chi connectivity index (χ4v) is 5.88. The number of nitrogens with one attached hydrogen (secondary N) is 1. The molecule has 7 heteroatoms. The van der Waals surface area contributed by atoms with Gasteiger partial charge in [0, 0.05) is 38.6 Å². The molecule has 0 saturated carbocycles. The third kappa shape index (κ3) is 4.20. The molecule has 1 N–H and O–H groups in total. The van der Waals surface area contributed by atoms with E-state index in [0.717, 1.165) is 49.7 Å². The van der Waals surface area contributed by atoms with E-state index in [1.165, 1.54) is 4.21 Å². The maximum atomic E-state index is 12.8. The molecule has 0 spiro atoms. The highest BCUT2D eigenvalue weighted by molar-refractivity contribution is 8.01. The lowest BCUT2D eigenvalue weighted by Crippen LogP contribution is -2.57. The first kappa shape index (κ1) is 18.7. The third-order valence-electron chi connectivity index (χ3n) is 5.11. The molecule has 0 unspecified atom stereocenters. The van der Waals surface area contributed by atoms with E-state index in [9.17, 15) is 9.59 Å².